The third-order valence-electron chi connectivity index (χ3n) is 4.74. The van der Waals surface area contributed by atoms with E-state index in [4.69, 9.17) is 4.43 Å². The molecule has 0 heterocycles. The fourth-order valence-electron chi connectivity index (χ4n) is 2.20. The molecule has 0 fully saturated rings. The van der Waals surface area contributed by atoms with Gasteiger partial charge < -0.3 is 19.8 Å². The van der Waals surface area contributed by atoms with Gasteiger partial charge in [0, 0.05) is 11.8 Å². The summed E-state index contributed by atoms with van der Waals surface area (Å²) in [4.78, 5) is 10.8. The van der Waals surface area contributed by atoms with Gasteiger partial charge in [0.25, 0.3) is 0 Å². The van der Waals surface area contributed by atoms with Crippen molar-refractivity contribution in [2.45, 2.75) is 45.5 Å². The fraction of sp³-hybridized carbons (Fsp3) is 0.350. The summed E-state index contributed by atoms with van der Waals surface area (Å²) in [5, 5.41) is 5.72. The Balaban J connectivity index is 2.20. The molecule has 0 bridgehead atoms. The van der Waals surface area contributed by atoms with Crippen molar-refractivity contribution in [3.05, 3.63) is 42.5 Å². The van der Waals surface area contributed by atoms with Gasteiger partial charge in [0.1, 0.15) is 11.5 Å². The highest BCUT2D eigenvalue weighted by Crippen LogP contribution is 2.38. The SMILES string of the molecule is CC(C)(C)[Si](C)(C)Oc1ccc(Nc2cc(OC(F)F)ccc2NC=O)cc1. The first-order chi connectivity index (χ1) is 13.0. The molecule has 0 aliphatic rings. The number of hydrogen-bond donors (Lipinski definition) is 2. The molecule has 0 saturated heterocycles. The van der Waals surface area contributed by atoms with Gasteiger partial charge in [0.15, 0.2) is 0 Å². The lowest BCUT2D eigenvalue weighted by Gasteiger charge is -2.36. The van der Waals surface area contributed by atoms with Crippen molar-refractivity contribution in [2.75, 3.05) is 10.6 Å². The van der Waals surface area contributed by atoms with Crippen LogP contribution in [-0.2, 0) is 4.79 Å². The van der Waals surface area contributed by atoms with Gasteiger partial charge >= 0.3 is 6.61 Å². The zero-order chi connectivity index (χ0) is 20.9. The van der Waals surface area contributed by atoms with Gasteiger partial charge in [-0.1, -0.05) is 20.8 Å². The highest BCUT2D eigenvalue weighted by Gasteiger charge is 2.38. The standard InChI is InChI=1S/C20H26F2N2O3Si/c1-20(2,3)28(4,5)27-15-8-6-14(7-9-15)24-18-12-16(26-19(21)22)10-11-17(18)23-13-25/h6-13,19,24H,1-5H3,(H,23,25). The minimum atomic E-state index is -2.93. The lowest BCUT2D eigenvalue weighted by atomic mass is 10.2. The number of carbonyl (C=O) groups is 1. The van der Waals surface area contributed by atoms with Crippen LogP contribution in [0.5, 0.6) is 11.5 Å². The van der Waals surface area contributed by atoms with Crippen LogP contribution in [0, 0.1) is 0 Å². The van der Waals surface area contributed by atoms with E-state index in [9.17, 15) is 13.6 Å². The number of anilines is 3. The normalized spacial score (nSPS) is 11.9. The molecule has 1 amide bonds. The van der Waals surface area contributed by atoms with Crippen LogP contribution in [-0.4, -0.2) is 21.3 Å². The van der Waals surface area contributed by atoms with Crippen LogP contribution in [0.15, 0.2) is 42.5 Å². The Kier molecular flexibility index (Phi) is 6.66. The Morgan fingerprint density at radius 2 is 1.61 bits per heavy atom. The summed E-state index contributed by atoms with van der Waals surface area (Å²) in [6.07, 6.45) is 0.518. The van der Waals surface area contributed by atoms with E-state index in [0.717, 1.165) is 5.75 Å². The maximum absolute atomic E-state index is 12.5. The van der Waals surface area contributed by atoms with E-state index in [1.165, 1.54) is 18.2 Å². The average Bonchev–Trinajstić information content (AvgIpc) is 2.57. The second-order valence-electron chi connectivity index (χ2n) is 7.86. The quantitative estimate of drug-likeness (QED) is 0.416. The molecule has 5 nitrogen and oxygen atoms in total. The van der Waals surface area contributed by atoms with Gasteiger partial charge in [0.05, 0.1) is 11.4 Å². The summed E-state index contributed by atoms with van der Waals surface area (Å²) in [6.45, 7) is 7.93. The van der Waals surface area contributed by atoms with Crippen molar-refractivity contribution in [3.63, 3.8) is 0 Å². The first-order valence-corrected chi connectivity index (χ1v) is 11.8. The second kappa shape index (κ2) is 8.60. The first-order valence-electron chi connectivity index (χ1n) is 8.87. The third kappa shape index (κ3) is 5.69. The van der Waals surface area contributed by atoms with E-state index < -0.39 is 14.9 Å². The van der Waals surface area contributed by atoms with Crippen molar-refractivity contribution in [1.29, 1.82) is 0 Å². The Hall–Kier alpha value is -2.61. The van der Waals surface area contributed by atoms with Crippen LogP contribution in [0.1, 0.15) is 20.8 Å². The Labute approximate surface area is 165 Å². The smallest absolute Gasteiger partial charge is 0.387 e. The molecule has 0 unspecified atom stereocenters. The minimum Gasteiger partial charge on any atom is -0.544 e. The molecule has 2 aromatic carbocycles. The van der Waals surface area contributed by atoms with Crippen molar-refractivity contribution < 1.29 is 22.7 Å². The van der Waals surface area contributed by atoms with Gasteiger partial charge in [-0.05, 0) is 54.5 Å². The molecule has 2 N–H and O–H groups in total. The maximum atomic E-state index is 12.5. The summed E-state index contributed by atoms with van der Waals surface area (Å²) in [5.41, 5.74) is 1.59. The highest BCUT2D eigenvalue weighted by molar-refractivity contribution is 6.74. The Morgan fingerprint density at radius 1 is 1.00 bits per heavy atom. The molecule has 152 valence electrons. The minimum absolute atomic E-state index is 0.00757. The van der Waals surface area contributed by atoms with Gasteiger partial charge in [-0.2, -0.15) is 8.78 Å². The Morgan fingerprint density at radius 3 is 2.14 bits per heavy atom. The molecule has 2 aromatic rings. The third-order valence-corrected chi connectivity index (χ3v) is 9.10. The molecular weight excluding hydrogens is 382 g/mol. The molecule has 0 atom stereocenters. The summed E-state index contributed by atoms with van der Waals surface area (Å²) >= 11 is 0. The van der Waals surface area contributed by atoms with Gasteiger partial charge in [0.2, 0.25) is 14.7 Å². The number of benzene rings is 2. The van der Waals surface area contributed by atoms with Gasteiger partial charge in [-0.25, -0.2) is 0 Å². The topological polar surface area (TPSA) is 59.6 Å². The number of halogens is 2. The van der Waals surface area contributed by atoms with Crippen molar-refractivity contribution >= 4 is 31.8 Å². The number of carbonyl (C=O) groups excluding carboxylic acids is 1. The van der Waals surface area contributed by atoms with Crippen LogP contribution in [0.3, 0.4) is 0 Å². The summed E-state index contributed by atoms with van der Waals surface area (Å²) in [7, 11) is -1.94. The predicted octanol–water partition coefficient (Wildman–Crippen LogP) is 5.98. The molecular formula is C20H26F2N2O3Si. The lowest BCUT2D eigenvalue weighted by molar-refractivity contribution is -0.105. The van der Waals surface area contributed by atoms with E-state index in [1.54, 1.807) is 0 Å². The molecule has 0 aromatic heterocycles. The number of alkyl halides is 2. The maximum Gasteiger partial charge on any atom is 0.387 e. The second-order valence-corrected chi connectivity index (χ2v) is 12.6. The van der Waals surface area contributed by atoms with Crippen LogP contribution in [0.25, 0.3) is 0 Å². The van der Waals surface area contributed by atoms with Crippen LogP contribution >= 0.6 is 0 Å². The van der Waals surface area contributed by atoms with Crippen LogP contribution < -0.4 is 19.8 Å². The highest BCUT2D eigenvalue weighted by atomic mass is 28.4. The molecule has 0 saturated carbocycles. The molecule has 8 heteroatoms. The van der Waals surface area contributed by atoms with E-state index in [1.807, 2.05) is 24.3 Å². The van der Waals surface area contributed by atoms with Crippen molar-refractivity contribution in [1.82, 2.24) is 0 Å². The van der Waals surface area contributed by atoms with Crippen LogP contribution in [0.4, 0.5) is 25.8 Å². The lowest BCUT2D eigenvalue weighted by Crippen LogP contribution is -2.43. The number of amides is 1. The van der Waals surface area contributed by atoms with Crippen molar-refractivity contribution in [2.24, 2.45) is 0 Å². The van der Waals surface area contributed by atoms with Crippen molar-refractivity contribution in [3.8, 4) is 11.5 Å². The number of rotatable bonds is 8. The molecule has 2 rings (SSSR count). The molecule has 0 aliphatic carbocycles. The van der Waals surface area contributed by atoms with E-state index in [0.29, 0.717) is 23.5 Å². The number of ether oxygens (including phenoxy) is 1. The molecule has 0 spiro atoms. The summed E-state index contributed by atoms with van der Waals surface area (Å²) in [6, 6.07) is 11.6. The average molecular weight is 409 g/mol. The van der Waals surface area contributed by atoms with Crippen LogP contribution in [0.2, 0.25) is 18.1 Å². The van der Waals surface area contributed by atoms with E-state index in [2.05, 4.69) is 49.2 Å². The summed E-state index contributed by atoms with van der Waals surface area (Å²) in [5.74, 6) is 0.769. The monoisotopic (exact) mass is 408 g/mol. The Bertz CT molecular complexity index is 806. The van der Waals surface area contributed by atoms with Gasteiger partial charge in [-0.15, -0.1) is 0 Å². The zero-order valence-corrected chi connectivity index (χ0v) is 17.7. The molecule has 0 radical (unpaired) electrons. The molecule has 0 aliphatic heterocycles. The largest absolute Gasteiger partial charge is 0.544 e. The summed E-state index contributed by atoms with van der Waals surface area (Å²) < 4.78 is 35.6. The van der Waals surface area contributed by atoms with Gasteiger partial charge in [-0.3, -0.25) is 4.79 Å². The first kappa shape index (κ1) is 21.7. The number of hydrogen-bond acceptors (Lipinski definition) is 4. The van der Waals surface area contributed by atoms with E-state index >= 15 is 0 Å². The predicted molar refractivity (Wildman–Crippen MR) is 110 cm³/mol. The van der Waals surface area contributed by atoms with E-state index in [-0.39, 0.29) is 10.8 Å². The fourth-order valence-corrected chi connectivity index (χ4v) is 3.23. The zero-order valence-electron chi connectivity index (χ0n) is 16.7. The number of nitrogens with one attached hydrogen (secondary N) is 2. The molecule has 28 heavy (non-hydrogen) atoms.